The summed E-state index contributed by atoms with van der Waals surface area (Å²) in [6.07, 6.45) is 1.31. The number of hydrogen-bond donors (Lipinski definition) is 0. The molecule has 2 atom stereocenters. The zero-order valence-corrected chi connectivity index (χ0v) is 13.9. The summed E-state index contributed by atoms with van der Waals surface area (Å²) in [5.41, 5.74) is 1.12. The van der Waals surface area contributed by atoms with E-state index in [9.17, 15) is 8.42 Å². The molecule has 0 saturated carbocycles. The van der Waals surface area contributed by atoms with Crippen LogP contribution in [0.3, 0.4) is 0 Å². The first-order chi connectivity index (χ1) is 11.1. The van der Waals surface area contributed by atoms with Crippen LogP contribution in [0.25, 0.3) is 0 Å². The number of nitrogens with zero attached hydrogens (tertiary/aromatic N) is 1. The quantitative estimate of drug-likeness (QED) is 0.846. The van der Waals surface area contributed by atoms with Crippen LogP contribution in [0.1, 0.15) is 12.0 Å². The Bertz CT molecular complexity index is 731. The zero-order chi connectivity index (χ0) is 16.3. The van der Waals surface area contributed by atoms with Gasteiger partial charge in [-0.3, -0.25) is 0 Å². The highest BCUT2D eigenvalue weighted by Gasteiger charge is 2.41. The number of ether oxygens (including phenoxy) is 1. The van der Waals surface area contributed by atoms with Crippen LogP contribution in [0.5, 0.6) is 0 Å². The van der Waals surface area contributed by atoms with Gasteiger partial charge in [0.15, 0.2) is 0 Å². The summed E-state index contributed by atoms with van der Waals surface area (Å²) in [6.45, 7) is 0.493. The SMILES string of the molecule is CO[C@@H]1CCN(S(=O)(=O)c2ccccc2)[C@H]1Cc1ccccc1. The normalized spacial score (nSPS) is 22.3. The lowest BCUT2D eigenvalue weighted by Crippen LogP contribution is -2.41. The van der Waals surface area contributed by atoms with E-state index in [0.29, 0.717) is 17.9 Å². The molecule has 1 fully saturated rings. The van der Waals surface area contributed by atoms with Crippen LogP contribution in [0.2, 0.25) is 0 Å². The first-order valence-electron chi connectivity index (χ1n) is 7.76. The Morgan fingerprint density at radius 3 is 2.26 bits per heavy atom. The number of benzene rings is 2. The van der Waals surface area contributed by atoms with Crippen molar-refractivity contribution in [1.82, 2.24) is 4.31 Å². The van der Waals surface area contributed by atoms with E-state index >= 15 is 0 Å². The van der Waals surface area contributed by atoms with E-state index in [4.69, 9.17) is 4.74 Å². The van der Waals surface area contributed by atoms with Gasteiger partial charge in [-0.05, 0) is 30.5 Å². The van der Waals surface area contributed by atoms with Crippen molar-refractivity contribution in [2.45, 2.75) is 29.9 Å². The minimum atomic E-state index is -3.50. The summed E-state index contributed by atoms with van der Waals surface area (Å²) < 4.78 is 33.1. The molecule has 5 heteroatoms. The Balaban J connectivity index is 1.91. The molecule has 122 valence electrons. The van der Waals surface area contributed by atoms with Crippen molar-refractivity contribution < 1.29 is 13.2 Å². The fraction of sp³-hybridized carbons (Fsp3) is 0.333. The largest absolute Gasteiger partial charge is 0.380 e. The average Bonchev–Trinajstić information content (AvgIpc) is 3.00. The molecule has 23 heavy (non-hydrogen) atoms. The third kappa shape index (κ3) is 3.32. The number of rotatable bonds is 5. The number of hydrogen-bond acceptors (Lipinski definition) is 3. The second-order valence-corrected chi connectivity index (χ2v) is 7.64. The molecule has 1 saturated heterocycles. The van der Waals surface area contributed by atoms with E-state index in [1.165, 1.54) is 0 Å². The van der Waals surface area contributed by atoms with Crippen molar-refractivity contribution in [2.24, 2.45) is 0 Å². The van der Waals surface area contributed by atoms with Gasteiger partial charge >= 0.3 is 0 Å². The average molecular weight is 331 g/mol. The van der Waals surface area contributed by atoms with Crippen LogP contribution in [-0.2, 0) is 21.2 Å². The molecule has 0 amide bonds. The van der Waals surface area contributed by atoms with Crippen LogP contribution in [0.15, 0.2) is 65.6 Å². The summed E-state index contributed by atoms with van der Waals surface area (Å²) >= 11 is 0. The van der Waals surface area contributed by atoms with Gasteiger partial charge in [0.25, 0.3) is 0 Å². The predicted molar refractivity (Wildman–Crippen MR) is 89.7 cm³/mol. The van der Waals surface area contributed by atoms with Crippen LogP contribution in [-0.4, -0.2) is 38.5 Å². The zero-order valence-electron chi connectivity index (χ0n) is 13.1. The van der Waals surface area contributed by atoms with Gasteiger partial charge in [-0.15, -0.1) is 0 Å². The highest BCUT2D eigenvalue weighted by molar-refractivity contribution is 7.89. The lowest BCUT2D eigenvalue weighted by molar-refractivity contribution is 0.0810. The van der Waals surface area contributed by atoms with Crippen molar-refractivity contribution in [3.05, 3.63) is 66.2 Å². The molecule has 2 aromatic carbocycles. The number of methoxy groups -OCH3 is 1. The molecule has 1 heterocycles. The first-order valence-corrected chi connectivity index (χ1v) is 9.20. The van der Waals surface area contributed by atoms with E-state index in [-0.39, 0.29) is 12.1 Å². The number of sulfonamides is 1. The Kier molecular flexibility index (Phi) is 4.80. The van der Waals surface area contributed by atoms with Crippen LogP contribution in [0, 0.1) is 0 Å². The summed E-state index contributed by atoms with van der Waals surface area (Å²) in [6, 6.07) is 18.4. The van der Waals surface area contributed by atoms with E-state index < -0.39 is 10.0 Å². The van der Waals surface area contributed by atoms with E-state index in [2.05, 4.69) is 0 Å². The molecule has 0 unspecified atom stereocenters. The van der Waals surface area contributed by atoms with Crippen molar-refractivity contribution >= 4 is 10.0 Å². The molecule has 0 aliphatic carbocycles. The lowest BCUT2D eigenvalue weighted by atomic mass is 10.0. The first kappa shape index (κ1) is 16.2. The molecule has 2 aromatic rings. The third-order valence-electron chi connectivity index (χ3n) is 4.37. The predicted octanol–water partition coefficient (Wildman–Crippen LogP) is 2.71. The highest BCUT2D eigenvalue weighted by atomic mass is 32.2. The van der Waals surface area contributed by atoms with Gasteiger partial charge < -0.3 is 4.74 Å². The topological polar surface area (TPSA) is 46.6 Å². The summed E-state index contributed by atoms with van der Waals surface area (Å²) in [4.78, 5) is 0.342. The summed E-state index contributed by atoms with van der Waals surface area (Å²) in [7, 11) is -1.84. The van der Waals surface area contributed by atoms with Gasteiger partial charge in [0.1, 0.15) is 0 Å². The fourth-order valence-electron chi connectivity index (χ4n) is 3.19. The van der Waals surface area contributed by atoms with Gasteiger partial charge in [-0.25, -0.2) is 8.42 Å². The second kappa shape index (κ2) is 6.83. The molecule has 0 aromatic heterocycles. The van der Waals surface area contributed by atoms with Crippen molar-refractivity contribution in [1.29, 1.82) is 0 Å². The van der Waals surface area contributed by atoms with E-state index in [0.717, 1.165) is 12.0 Å². The van der Waals surface area contributed by atoms with Crippen LogP contribution in [0.4, 0.5) is 0 Å². The molecular formula is C18H21NO3S. The standard InChI is InChI=1S/C18H21NO3S/c1-22-18-12-13-19(17(18)14-15-8-4-2-5-9-15)23(20,21)16-10-6-3-7-11-16/h2-11,17-18H,12-14H2,1H3/t17-,18+/m0/s1. The van der Waals surface area contributed by atoms with Gasteiger partial charge in [-0.2, -0.15) is 4.31 Å². The van der Waals surface area contributed by atoms with Gasteiger partial charge in [0.05, 0.1) is 17.0 Å². The molecule has 1 aliphatic rings. The highest BCUT2D eigenvalue weighted by Crippen LogP contribution is 2.30. The van der Waals surface area contributed by atoms with E-state index in [1.54, 1.807) is 35.7 Å². The Morgan fingerprint density at radius 1 is 1.04 bits per heavy atom. The fourth-order valence-corrected chi connectivity index (χ4v) is 4.87. The molecule has 4 nitrogen and oxygen atoms in total. The van der Waals surface area contributed by atoms with Crippen LogP contribution < -0.4 is 0 Å². The van der Waals surface area contributed by atoms with Crippen molar-refractivity contribution in [3.8, 4) is 0 Å². The monoisotopic (exact) mass is 331 g/mol. The second-order valence-electron chi connectivity index (χ2n) is 5.75. The maximum atomic E-state index is 13.0. The molecule has 3 rings (SSSR count). The Hall–Kier alpha value is -1.69. The molecule has 0 radical (unpaired) electrons. The maximum Gasteiger partial charge on any atom is 0.243 e. The van der Waals surface area contributed by atoms with Crippen molar-refractivity contribution in [3.63, 3.8) is 0 Å². The lowest BCUT2D eigenvalue weighted by Gasteiger charge is -2.27. The molecular weight excluding hydrogens is 310 g/mol. The Morgan fingerprint density at radius 2 is 1.65 bits per heavy atom. The smallest absolute Gasteiger partial charge is 0.243 e. The van der Waals surface area contributed by atoms with Gasteiger partial charge in [0.2, 0.25) is 10.0 Å². The molecule has 1 aliphatic heterocycles. The molecule has 0 spiro atoms. The van der Waals surface area contributed by atoms with E-state index in [1.807, 2.05) is 36.4 Å². The minimum absolute atomic E-state index is 0.0753. The van der Waals surface area contributed by atoms with Crippen molar-refractivity contribution in [2.75, 3.05) is 13.7 Å². The summed E-state index contributed by atoms with van der Waals surface area (Å²) in [5, 5.41) is 0. The van der Waals surface area contributed by atoms with Gasteiger partial charge in [-0.1, -0.05) is 48.5 Å². The third-order valence-corrected chi connectivity index (χ3v) is 6.31. The minimum Gasteiger partial charge on any atom is -0.380 e. The summed E-state index contributed by atoms with van der Waals surface area (Å²) in [5.74, 6) is 0. The molecule has 0 bridgehead atoms. The van der Waals surface area contributed by atoms with Gasteiger partial charge in [0, 0.05) is 13.7 Å². The van der Waals surface area contributed by atoms with Crippen LogP contribution >= 0.6 is 0 Å². The molecule has 0 N–H and O–H groups in total. The maximum absolute atomic E-state index is 13.0. The Labute approximate surface area is 137 Å².